The molecule has 1 unspecified atom stereocenters. The lowest BCUT2D eigenvalue weighted by Gasteiger charge is -2.20. The Morgan fingerprint density at radius 3 is 2.75 bits per heavy atom. The first-order chi connectivity index (χ1) is 13.3. The number of H-pyrrole nitrogens is 1. The molecule has 0 aliphatic carbocycles. The molecule has 3 atom stereocenters. The van der Waals surface area contributed by atoms with Gasteiger partial charge < -0.3 is 14.2 Å². The third-order valence-electron chi connectivity index (χ3n) is 4.07. The van der Waals surface area contributed by atoms with E-state index in [9.17, 15) is 18.8 Å². The number of halogens is 1. The molecule has 2 aromatic rings. The molecule has 8 nitrogen and oxygen atoms in total. The number of carbonyl (C=O) groups excluding carboxylic acids is 2. The Labute approximate surface area is 163 Å². The second kappa shape index (κ2) is 8.44. The molecule has 1 saturated heterocycles. The van der Waals surface area contributed by atoms with Gasteiger partial charge in [0, 0.05) is 13.3 Å². The van der Waals surface area contributed by atoms with Crippen molar-refractivity contribution >= 4 is 24.2 Å². The zero-order chi connectivity index (χ0) is 20.3. The third-order valence-corrected chi connectivity index (χ3v) is 4.37. The first kappa shape index (κ1) is 19.9. The molecular weight excluding hydrogens is 391 g/mol. The van der Waals surface area contributed by atoms with Crippen LogP contribution in [0.4, 0.5) is 4.39 Å². The van der Waals surface area contributed by atoms with Crippen LogP contribution in [0.1, 0.15) is 29.9 Å². The topological polar surface area (TPSA) is 99.6 Å². The van der Waals surface area contributed by atoms with Gasteiger partial charge in [-0.25, -0.2) is 14.0 Å². The van der Waals surface area contributed by atoms with Crippen LogP contribution < -0.4 is 5.69 Å². The number of benzene rings is 1. The van der Waals surface area contributed by atoms with E-state index in [-0.39, 0.29) is 17.7 Å². The van der Waals surface area contributed by atoms with Crippen molar-refractivity contribution in [2.75, 3.05) is 6.61 Å². The summed E-state index contributed by atoms with van der Waals surface area (Å²) in [5.41, 5.74) is -0.335. The highest BCUT2D eigenvalue weighted by Crippen LogP contribution is 2.31. The van der Waals surface area contributed by atoms with E-state index in [0.717, 1.165) is 10.8 Å². The highest BCUT2D eigenvalue weighted by Gasteiger charge is 2.40. The van der Waals surface area contributed by atoms with E-state index in [1.807, 2.05) is 0 Å². The van der Waals surface area contributed by atoms with Crippen LogP contribution in [0.5, 0.6) is 0 Å². The summed E-state index contributed by atoms with van der Waals surface area (Å²) in [6, 6.07) is 8.40. The summed E-state index contributed by atoms with van der Waals surface area (Å²) in [5, 5.41) is 0. The Morgan fingerprint density at radius 2 is 2.07 bits per heavy atom. The SMILES string of the molecule is CC(=O)OC1C[C@@H](COC(=O)c2ccccc2)O[C@H]1n1cc(F)c(=S)[nH]c1=O. The number of carbonyl (C=O) groups is 2. The maximum absolute atomic E-state index is 13.8. The van der Waals surface area contributed by atoms with Crippen LogP contribution in [0.2, 0.25) is 0 Å². The summed E-state index contributed by atoms with van der Waals surface area (Å²) in [5.74, 6) is -1.94. The molecule has 0 amide bonds. The van der Waals surface area contributed by atoms with E-state index in [1.165, 1.54) is 6.92 Å². The van der Waals surface area contributed by atoms with Crippen LogP contribution in [0, 0.1) is 10.5 Å². The number of ether oxygens (including phenoxy) is 3. The lowest BCUT2D eigenvalue weighted by molar-refractivity contribution is -0.152. The van der Waals surface area contributed by atoms with Gasteiger partial charge in [-0.05, 0) is 12.1 Å². The van der Waals surface area contributed by atoms with Crippen molar-refractivity contribution in [2.45, 2.75) is 31.8 Å². The van der Waals surface area contributed by atoms with Gasteiger partial charge in [-0.2, -0.15) is 0 Å². The predicted molar refractivity (Wildman–Crippen MR) is 96.7 cm³/mol. The highest BCUT2D eigenvalue weighted by atomic mass is 32.1. The molecule has 0 saturated carbocycles. The zero-order valence-corrected chi connectivity index (χ0v) is 15.6. The van der Waals surface area contributed by atoms with Crippen LogP contribution in [-0.2, 0) is 19.0 Å². The number of aromatic nitrogens is 2. The molecule has 1 fully saturated rings. The summed E-state index contributed by atoms with van der Waals surface area (Å²) in [6.07, 6.45) is -1.55. The number of rotatable bonds is 5. The number of nitrogens with one attached hydrogen (secondary N) is 1. The highest BCUT2D eigenvalue weighted by molar-refractivity contribution is 7.71. The average molecular weight is 408 g/mol. The Balaban J connectivity index is 1.75. The largest absolute Gasteiger partial charge is 0.459 e. The molecule has 1 N–H and O–H groups in total. The minimum absolute atomic E-state index is 0.123. The van der Waals surface area contributed by atoms with Gasteiger partial charge in [0.05, 0.1) is 17.9 Å². The first-order valence-corrected chi connectivity index (χ1v) is 8.82. The van der Waals surface area contributed by atoms with E-state index in [2.05, 4.69) is 17.2 Å². The smallest absolute Gasteiger partial charge is 0.338 e. The maximum Gasteiger partial charge on any atom is 0.338 e. The number of esters is 2. The fourth-order valence-electron chi connectivity index (χ4n) is 2.86. The van der Waals surface area contributed by atoms with Gasteiger partial charge in [-0.3, -0.25) is 14.3 Å². The minimum Gasteiger partial charge on any atom is -0.459 e. The molecule has 1 aromatic heterocycles. The van der Waals surface area contributed by atoms with Crippen molar-refractivity contribution in [2.24, 2.45) is 0 Å². The summed E-state index contributed by atoms with van der Waals surface area (Å²) in [7, 11) is 0. The summed E-state index contributed by atoms with van der Waals surface area (Å²) >= 11 is 4.69. The van der Waals surface area contributed by atoms with E-state index in [0.29, 0.717) is 5.56 Å². The molecule has 1 aliphatic heterocycles. The molecule has 0 spiro atoms. The molecular formula is C18H17FN2O6S. The molecule has 28 heavy (non-hydrogen) atoms. The van der Waals surface area contributed by atoms with Crippen LogP contribution in [0.3, 0.4) is 0 Å². The Hall–Kier alpha value is -2.85. The molecule has 3 rings (SSSR count). The summed E-state index contributed by atoms with van der Waals surface area (Å²) in [4.78, 5) is 37.8. The van der Waals surface area contributed by atoms with Crippen molar-refractivity contribution in [3.8, 4) is 0 Å². The van der Waals surface area contributed by atoms with E-state index in [1.54, 1.807) is 30.3 Å². The Bertz CT molecular complexity index is 990. The van der Waals surface area contributed by atoms with Gasteiger partial charge >= 0.3 is 17.6 Å². The van der Waals surface area contributed by atoms with Gasteiger partial charge in [0.1, 0.15) is 17.4 Å². The molecule has 10 heteroatoms. The quantitative estimate of drug-likeness (QED) is 0.598. The van der Waals surface area contributed by atoms with Crippen molar-refractivity contribution in [3.05, 3.63) is 63.0 Å². The van der Waals surface area contributed by atoms with E-state index in [4.69, 9.17) is 14.2 Å². The van der Waals surface area contributed by atoms with Crippen LogP contribution >= 0.6 is 12.2 Å². The Kier molecular flexibility index (Phi) is 6.00. The first-order valence-electron chi connectivity index (χ1n) is 8.41. The molecule has 2 heterocycles. The number of hydrogen-bond donors (Lipinski definition) is 1. The van der Waals surface area contributed by atoms with Crippen molar-refractivity contribution in [3.63, 3.8) is 0 Å². The van der Waals surface area contributed by atoms with Gasteiger partial charge in [0.25, 0.3) is 0 Å². The third kappa shape index (κ3) is 4.52. The van der Waals surface area contributed by atoms with E-state index >= 15 is 0 Å². The van der Waals surface area contributed by atoms with Crippen LogP contribution in [0.25, 0.3) is 0 Å². The van der Waals surface area contributed by atoms with Gasteiger partial charge in [0.15, 0.2) is 12.0 Å². The van der Waals surface area contributed by atoms with Crippen molar-refractivity contribution < 1.29 is 28.2 Å². The molecule has 1 aliphatic rings. The lowest BCUT2D eigenvalue weighted by atomic mass is 10.2. The van der Waals surface area contributed by atoms with Crippen LogP contribution in [-0.4, -0.2) is 40.3 Å². The fraction of sp³-hybridized carbons (Fsp3) is 0.333. The van der Waals surface area contributed by atoms with Gasteiger partial charge in [-0.15, -0.1) is 0 Å². The monoisotopic (exact) mass is 408 g/mol. The lowest BCUT2D eigenvalue weighted by Crippen LogP contribution is -2.34. The minimum atomic E-state index is -1.09. The number of nitrogens with zero attached hydrogens (tertiary/aromatic N) is 1. The number of aromatic amines is 1. The maximum atomic E-state index is 13.8. The average Bonchev–Trinajstić information content (AvgIpc) is 3.05. The standard InChI is InChI=1S/C18H17FN2O6S/c1-10(22)26-14-7-12(9-25-17(23)11-5-3-2-4-6-11)27-16(14)21-8-13(19)15(28)20-18(21)24/h2-6,8,12,14,16H,7,9H2,1H3,(H,20,24,28)/t12-,14?,16+/m0/s1. The predicted octanol–water partition coefficient (Wildman–Crippen LogP) is 2.12. The van der Waals surface area contributed by atoms with Crippen LogP contribution in [0.15, 0.2) is 41.3 Å². The summed E-state index contributed by atoms with van der Waals surface area (Å²) in [6.45, 7) is 1.09. The summed E-state index contributed by atoms with van der Waals surface area (Å²) < 4.78 is 30.5. The molecule has 1 aromatic carbocycles. The normalized spacial score (nSPS) is 21.3. The fourth-order valence-corrected chi connectivity index (χ4v) is 3.00. The van der Waals surface area contributed by atoms with E-state index < -0.39 is 41.9 Å². The van der Waals surface area contributed by atoms with Crippen molar-refractivity contribution in [1.29, 1.82) is 0 Å². The molecule has 0 radical (unpaired) electrons. The zero-order valence-electron chi connectivity index (χ0n) is 14.8. The number of hydrogen-bond acceptors (Lipinski definition) is 7. The van der Waals surface area contributed by atoms with Gasteiger partial charge in [0.2, 0.25) is 0 Å². The second-order valence-electron chi connectivity index (χ2n) is 6.14. The van der Waals surface area contributed by atoms with Gasteiger partial charge in [-0.1, -0.05) is 30.4 Å². The molecule has 148 valence electrons. The Morgan fingerprint density at radius 1 is 1.36 bits per heavy atom. The second-order valence-corrected chi connectivity index (χ2v) is 6.55. The molecule has 0 bridgehead atoms. The van der Waals surface area contributed by atoms with Crippen molar-refractivity contribution in [1.82, 2.24) is 9.55 Å².